The first-order chi connectivity index (χ1) is 11.1. The molecule has 1 heterocycles. The summed E-state index contributed by atoms with van der Waals surface area (Å²) >= 11 is 6.25. The van der Waals surface area contributed by atoms with Gasteiger partial charge in [-0.25, -0.2) is 0 Å². The van der Waals surface area contributed by atoms with E-state index in [1.165, 1.54) is 11.1 Å². The van der Waals surface area contributed by atoms with Crippen LogP contribution < -0.4 is 15.8 Å². The van der Waals surface area contributed by atoms with Gasteiger partial charge in [0.15, 0.2) is 5.82 Å². The van der Waals surface area contributed by atoms with Crippen LogP contribution in [0.5, 0.6) is 5.75 Å². The number of rotatable bonds is 6. The number of anilines is 2. The van der Waals surface area contributed by atoms with Gasteiger partial charge in [0.25, 0.3) is 0 Å². The Kier molecular flexibility index (Phi) is 5.49. The molecule has 0 aliphatic rings. The second-order valence-electron chi connectivity index (χ2n) is 6.49. The fourth-order valence-electron chi connectivity index (χ4n) is 2.22. The highest BCUT2D eigenvalue weighted by Crippen LogP contribution is 2.25. The molecule has 1 aromatic heterocycles. The number of halogens is 1. The van der Waals surface area contributed by atoms with E-state index in [4.69, 9.17) is 22.1 Å². The number of aromatic nitrogens is 3. The predicted molar refractivity (Wildman–Crippen MR) is 97.6 cm³/mol. The number of benzene rings is 1. The number of hydrogen-bond acceptors (Lipinski definition) is 6. The Morgan fingerprint density at radius 1 is 1.17 bits per heavy atom. The zero-order chi connectivity index (χ0) is 17.9. The minimum atomic E-state index is -0.716. The van der Waals surface area contributed by atoms with E-state index in [2.05, 4.69) is 26.3 Å². The van der Waals surface area contributed by atoms with E-state index in [0.717, 1.165) is 5.75 Å². The van der Waals surface area contributed by atoms with Gasteiger partial charge in [-0.15, -0.1) is 11.6 Å². The van der Waals surface area contributed by atoms with Crippen molar-refractivity contribution in [3.8, 4) is 5.75 Å². The summed E-state index contributed by atoms with van der Waals surface area (Å²) in [5.41, 5.74) is 8.08. The minimum absolute atomic E-state index is 0.0149. The molecule has 2 aromatic rings. The van der Waals surface area contributed by atoms with Crippen LogP contribution >= 0.6 is 11.6 Å². The highest BCUT2D eigenvalue weighted by atomic mass is 35.5. The SMILES string of the molecule is Cc1cc(C)cc(OCC(C)Nc2nc(N)nc(C(C)(C)Cl)n2)c1. The third-order valence-electron chi connectivity index (χ3n) is 3.26. The molecule has 0 spiro atoms. The van der Waals surface area contributed by atoms with Crippen LogP contribution in [-0.2, 0) is 4.87 Å². The zero-order valence-electron chi connectivity index (χ0n) is 14.7. The van der Waals surface area contributed by atoms with Gasteiger partial charge in [-0.2, -0.15) is 15.0 Å². The second kappa shape index (κ2) is 7.21. The molecule has 3 N–H and O–H groups in total. The van der Waals surface area contributed by atoms with Crippen LogP contribution in [0, 0.1) is 13.8 Å². The number of nitrogens with two attached hydrogens (primary N) is 1. The Hall–Kier alpha value is -2.08. The summed E-state index contributed by atoms with van der Waals surface area (Å²) in [5, 5.41) is 3.17. The van der Waals surface area contributed by atoms with E-state index in [0.29, 0.717) is 18.4 Å². The van der Waals surface area contributed by atoms with Crippen molar-refractivity contribution in [1.82, 2.24) is 15.0 Å². The molecule has 6 nitrogen and oxygen atoms in total. The maximum absolute atomic E-state index is 6.25. The van der Waals surface area contributed by atoms with E-state index >= 15 is 0 Å². The number of nitrogens with zero attached hydrogens (tertiary/aromatic N) is 3. The van der Waals surface area contributed by atoms with Gasteiger partial charge in [0.1, 0.15) is 12.4 Å². The number of aryl methyl sites for hydroxylation is 2. The van der Waals surface area contributed by atoms with Crippen LogP contribution in [0.1, 0.15) is 37.7 Å². The van der Waals surface area contributed by atoms with E-state index < -0.39 is 4.87 Å². The average Bonchev–Trinajstić information content (AvgIpc) is 2.42. The Morgan fingerprint density at radius 3 is 2.38 bits per heavy atom. The summed E-state index contributed by atoms with van der Waals surface area (Å²) in [4.78, 5) is 11.8. The van der Waals surface area contributed by atoms with Gasteiger partial charge in [-0.05, 0) is 57.9 Å². The summed E-state index contributed by atoms with van der Waals surface area (Å²) in [7, 11) is 0. The van der Waals surface area contributed by atoms with Crippen molar-refractivity contribution in [3.63, 3.8) is 0 Å². The van der Waals surface area contributed by atoms with E-state index in [1.54, 1.807) is 13.8 Å². The summed E-state index contributed by atoms with van der Waals surface area (Å²) in [6.45, 7) is 10.1. The van der Waals surface area contributed by atoms with Crippen LogP contribution in [0.2, 0.25) is 0 Å². The first-order valence-corrected chi connectivity index (χ1v) is 8.20. The molecule has 0 bridgehead atoms. The van der Waals surface area contributed by atoms with Crippen LogP contribution in [-0.4, -0.2) is 27.6 Å². The van der Waals surface area contributed by atoms with Crippen molar-refractivity contribution in [3.05, 3.63) is 35.2 Å². The van der Waals surface area contributed by atoms with Crippen LogP contribution in [0.25, 0.3) is 0 Å². The maximum atomic E-state index is 6.25. The maximum Gasteiger partial charge on any atom is 0.228 e. The van der Waals surface area contributed by atoms with Gasteiger partial charge in [0, 0.05) is 0 Å². The molecule has 0 aliphatic heterocycles. The molecular formula is C17H24ClN5O. The van der Waals surface area contributed by atoms with Crippen molar-refractivity contribution >= 4 is 23.5 Å². The molecular weight excluding hydrogens is 326 g/mol. The molecule has 0 fully saturated rings. The van der Waals surface area contributed by atoms with E-state index in [1.807, 2.05) is 32.9 Å². The molecule has 2 rings (SSSR count). The fourth-order valence-corrected chi connectivity index (χ4v) is 2.31. The summed E-state index contributed by atoms with van der Waals surface area (Å²) < 4.78 is 5.84. The summed E-state index contributed by atoms with van der Waals surface area (Å²) in [5.74, 6) is 1.81. The lowest BCUT2D eigenvalue weighted by Crippen LogP contribution is -2.26. The second-order valence-corrected chi connectivity index (χ2v) is 7.44. The van der Waals surface area contributed by atoms with Gasteiger partial charge < -0.3 is 15.8 Å². The topological polar surface area (TPSA) is 86.0 Å². The van der Waals surface area contributed by atoms with Crippen molar-refractivity contribution in [2.75, 3.05) is 17.7 Å². The van der Waals surface area contributed by atoms with Crippen molar-refractivity contribution in [2.24, 2.45) is 0 Å². The van der Waals surface area contributed by atoms with Gasteiger partial charge in [-0.3, -0.25) is 0 Å². The Bertz CT molecular complexity index is 694. The lowest BCUT2D eigenvalue weighted by molar-refractivity contribution is 0.303. The smallest absolute Gasteiger partial charge is 0.228 e. The summed E-state index contributed by atoms with van der Waals surface area (Å²) in [6.07, 6.45) is 0. The minimum Gasteiger partial charge on any atom is -0.491 e. The molecule has 1 atom stereocenters. The molecule has 0 saturated carbocycles. The van der Waals surface area contributed by atoms with Crippen molar-refractivity contribution < 1.29 is 4.74 Å². The fraction of sp³-hybridized carbons (Fsp3) is 0.471. The number of nitrogen functional groups attached to an aromatic ring is 1. The largest absolute Gasteiger partial charge is 0.491 e. The molecule has 0 aliphatic carbocycles. The standard InChI is InChI=1S/C17H24ClN5O/c1-10-6-11(2)8-13(7-10)24-9-12(3)20-16-22-14(17(4,5)18)21-15(19)23-16/h6-8,12H,9H2,1-5H3,(H3,19,20,21,22,23). The molecule has 7 heteroatoms. The van der Waals surface area contributed by atoms with Crippen LogP contribution in [0.3, 0.4) is 0 Å². The lowest BCUT2D eigenvalue weighted by Gasteiger charge is -2.18. The van der Waals surface area contributed by atoms with Gasteiger partial charge in [0.05, 0.1) is 10.9 Å². The molecule has 0 saturated heterocycles. The predicted octanol–water partition coefficient (Wildman–Crippen LogP) is 3.42. The molecule has 1 unspecified atom stereocenters. The van der Waals surface area contributed by atoms with Crippen molar-refractivity contribution in [2.45, 2.75) is 45.5 Å². The third kappa shape index (κ3) is 5.23. The summed E-state index contributed by atoms with van der Waals surface area (Å²) in [6, 6.07) is 6.11. The lowest BCUT2D eigenvalue weighted by atomic mass is 10.1. The zero-order valence-corrected chi connectivity index (χ0v) is 15.5. The van der Waals surface area contributed by atoms with Crippen LogP contribution in [0.15, 0.2) is 18.2 Å². The van der Waals surface area contributed by atoms with Gasteiger partial charge in [-0.1, -0.05) is 6.07 Å². The molecule has 0 radical (unpaired) electrons. The number of ether oxygens (including phenoxy) is 1. The molecule has 1 aromatic carbocycles. The molecule has 130 valence electrons. The van der Waals surface area contributed by atoms with Crippen molar-refractivity contribution in [1.29, 1.82) is 0 Å². The first-order valence-electron chi connectivity index (χ1n) is 7.82. The Morgan fingerprint density at radius 2 is 1.79 bits per heavy atom. The molecule has 0 amide bonds. The number of nitrogens with one attached hydrogen (secondary N) is 1. The molecule has 24 heavy (non-hydrogen) atoms. The number of hydrogen-bond donors (Lipinski definition) is 2. The van der Waals surface area contributed by atoms with Gasteiger partial charge >= 0.3 is 0 Å². The van der Waals surface area contributed by atoms with E-state index in [-0.39, 0.29) is 12.0 Å². The Balaban J connectivity index is 2.02. The highest BCUT2D eigenvalue weighted by molar-refractivity contribution is 6.23. The first kappa shape index (κ1) is 18.3. The normalized spacial score (nSPS) is 12.8. The van der Waals surface area contributed by atoms with Gasteiger partial charge in [0.2, 0.25) is 11.9 Å². The third-order valence-corrected chi connectivity index (χ3v) is 3.42. The van der Waals surface area contributed by atoms with Crippen LogP contribution in [0.4, 0.5) is 11.9 Å². The van der Waals surface area contributed by atoms with E-state index in [9.17, 15) is 0 Å². The quantitative estimate of drug-likeness (QED) is 0.777. The average molecular weight is 350 g/mol. The Labute approximate surface area is 147 Å². The number of alkyl halides is 1. The monoisotopic (exact) mass is 349 g/mol. The highest BCUT2D eigenvalue weighted by Gasteiger charge is 2.22.